The number of rotatable bonds is 7. The summed E-state index contributed by atoms with van der Waals surface area (Å²) >= 11 is 0. The Labute approximate surface area is 254 Å². The number of carbonyl (C=O) groups is 3. The van der Waals surface area contributed by atoms with E-state index >= 15 is 0 Å². The lowest BCUT2D eigenvalue weighted by Crippen LogP contribution is -2.50. The van der Waals surface area contributed by atoms with Gasteiger partial charge in [-0.2, -0.15) is 13.2 Å². The molecule has 1 aliphatic carbocycles. The number of amides is 5. The van der Waals surface area contributed by atoms with Crippen molar-refractivity contribution in [3.8, 4) is 5.75 Å². The molecule has 13 heteroatoms. The first-order valence-electron chi connectivity index (χ1n) is 14.9. The Kier molecular flexibility index (Phi) is 10.6. The van der Waals surface area contributed by atoms with Gasteiger partial charge in [-0.1, -0.05) is 32.3 Å². The Morgan fingerprint density at radius 1 is 1.09 bits per heavy atom. The van der Waals surface area contributed by atoms with Gasteiger partial charge in [0.15, 0.2) is 5.75 Å². The minimum absolute atomic E-state index is 0.0468. The standard InChI is InChI=1S/C31H40F3N5O5/c1-19-16-39(20(2)18-40)28(41)24-10-7-11-25(37-29(42)35-22-8-5-4-6-9-22)27(24)44-26(19)17-38(3)30(43)36-23-14-12-21(13-15-23)31(32,33)34/h7,10-15,19-20,22,26,40H,4-6,8-9,16-18H2,1-3H3,(H,36,43)(H2,35,37,42)/t19-,20+,26+/m0/s1. The number of para-hydroxylation sites is 1. The molecule has 44 heavy (non-hydrogen) atoms. The molecular formula is C31H40F3N5O5. The average Bonchev–Trinajstić information content (AvgIpc) is 2.99. The summed E-state index contributed by atoms with van der Waals surface area (Å²) in [6.07, 6.45) is -0.144. The summed E-state index contributed by atoms with van der Waals surface area (Å²) in [4.78, 5) is 42.5. The van der Waals surface area contributed by atoms with Gasteiger partial charge >= 0.3 is 18.2 Å². The molecule has 4 rings (SSSR count). The van der Waals surface area contributed by atoms with E-state index in [1.165, 1.54) is 24.1 Å². The number of hydrogen-bond acceptors (Lipinski definition) is 5. The van der Waals surface area contributed by atoms with Crippen molar-refractivity contribution < 1.29 is 37.4 Å². The maximum Gasteiger partial charge on any atom is 0.416 e. The van der Waals surface area contributed by atoms with Crippen LogP contribution < -0.4 is 20.7 Å². The first kappa shape index (κ1) is 32.9. The molecule has 1 heterocycles. The van der Waals surface area contributed by atoms with E-state index in [0.717, 1.165) is 44.2 Å². The summed E-state index contributed by atoms with van der Waals surface area (Å²) in [5.41, 5.74) is -0.144. The maximum atomic E-state index is 13.7. The third-order valence-electron chi connectivity index (χ3n) is 8.14. The van der Waals surface area contributed by atoms with Crippen LogP contribution in [0.1, 0.15) is 61.9 Å². The molecule has 4 N–H and O–H groups in total. The van der Waals surface area contributed by atoms with Crippen molar-refractivity contribution in [3.05, 3.63) is 53.6 Å². The lowest BCUT2D eigenvalue weighted by atomic mass is 9.96. The van der Waals surface area contributed by atoms with E-state index in [9.17, 15) is 32.7 Å². The Bertz CT molecular complexity index is 1320. The van der Waals surface area contributed by atoms with Crippen molar-refractivity contribution in [2.45, 2.75) is 70.3 Å². The first-order chi connectivity index (χ1) is 20.9. The molecule has 0 unspecified atom stereocenters. The predicted octanol–water partition coefficient (Wildman–Crippen LogP) is 5.54. The number of aliphatic hydroxyl groups is 1. The van der Waals surface area contributed by atoms with Gasteiger partial charge < -0.3 is 35.6 Å². The fourth-order valence-corrected chi connectivity index (χ4v) is 5.46. The maximum absolute atomic E-state index is 13.7. The fourth-order valence-electron chi connectivity index (χ4n) is 5.46. The lowest BCUT2D eigenvalue weighted by Gasteiger charge is -2.38. The van der Waals surface area contributed by atoms with E-state index in [2.05, 4.69) is 16.0 Å². The van der Waals surface area contributed by atoms with Gasteiger partial charge in [0.25, 0.3) is 5.91 Å². The van der Waals surface area contributed by atoms with Crippen LogP contribution in [0, 0.1) is 5.92 Å². The number of carbonyl (C=O) groups excluding carboxylic acids is 3. The molecule has 0 aromatic heterocycles. The number of fused-ring (bicyclic) bond motifs is 1. The SMILES string of the molecule is C[C@H](CO)N1C[C@H](C)[C@@H](CN(C)C(=O)Nc2ccc(C(F)(F)F)cc2)Oc2c(NC(=O)NC3CCCCC3)cccc2C1=O. The van der Waals surface area contributed by atoms with E-state index < -0.39 is 35.9 Å². The van der Waals surface area contributed by atoms with Gasteiger partial charge in [-0.3, -0.25) is 4.79 Å². The normalized spacial score (nSPS) is 20.0. The van der Waals surface area contributed by atoms with E-state index in [1.807, 2.05) is 6.92 Å². The molecule has 2 aromatic carbocycles. The van der Waals surface area contributed by atoms with Crippen molar-refractivity contribution >= 4 is 29.3 Å². The smallest absolute Gasteiger partial charge is 0.416 e. The second kappa shape index (κ2) is 14.2. The van der Waals surface area contributed by atoms with Crippen LogP contribution >= 0.6 is 0 Å². The monoisotopic (exact) mass is 619 g/mol. The molecule has 0 bridgehead atoms. The number of urea groups is 2. The Balaban J connectivity index is 1.56. The highest BCUT2D eigenvalue weighted by Crippen LogP contribution is 2.35. The number of likely N-dealkylation sites (N-methyl/N-ethyl adjacent to an activating group) is 1. The molecule has 2 aliphatic rings. The molecule has 2 aromatic rings. The minimum Gasteiger partial charge on any atom is -0.485 e. The first-order valence-corrected chi connectivity index (χ1v) is 14.9. The number of nitrogens with zero attached hydrogens (tertiary/aromatic N) is 2. The van der Waals surface area contributed by atoms with E-state index in [0.29, 0.717) is 0 Å². The number of benzene rings is 2. The highest BCUT2D eigenvalue weighted by Gasteiger charge is 2.35. The number of nitrogens with one attached hydrogen (secondary N) is 3. The molecule has 10 nitrogen and oxygen atoms in total. The second-order valence-electron chi connectivity index (χ2n) is 11.6. The number of alkyl halides is 3. The highest BCUT2D eigenvalue weighted by molar-refractivity contribution is 6.01. The van der Waals surface area contributed by atoms with Crippen LogP contribution in [0.5, 0.6) is 5.75 Å². The highest BCUT2D eigenvalue weighted by atomic mass is 19.4. The third kappa shape index (κ3) is 8.13. The van der Waals surface area contributed by atoms with Crippen molar-refractivity contribution in [1.82, 2.24) is 15.1 Å². The molecule has 5 amide bonds. The molecule has 0 saturated heterocycles. The Morgan fingerprint density at radius 2 is 1.77 bits per heavy atom. The summed E-state index contributed by atoms with van der Waals surface area (Å²) < 4.78 is 45.2. The van der Waals surface area contributed by atoms with Crippen LogP contribution in [0.3, 0.4) is 0 Å². The van der Waals surface area contributed by atoms with Crippen molar-refractivity contribution in [3.63, 3.8) is 0 Å². The number of ether oxygens (including phenoxy) is 1. The molecule has 0 radical (unpaired) electrons. The van der Waals surface area contributed by atoms with E-state index in [4.69, 9.17) is 4.74 Å². The number of hydrogen-bond donors (Lipinski definition) is 4. The van der Waals surface area contributed by atoms with Crippen LogP contribution in [-0.2, 0) is 6.18 Å². The van der Waals surface area contributed by atoms with Gasteiger partial charge in [0.1, 0.15) is 6.10 Å². The molecule has 1 saturated carbocycles. The largest absolute Gasteiger partial charge is 0.485 e. The topological polar surface area (TPSA) is 123 Å². The van der Waals surface area contributed by atoms with Gasteiger partial charge in [0.2, 0.25) is 0 Å². The zero-order valence-electron chi connectivity index (χ0n) is 25.1. The van der Waals surface area contributed by atoms with Gasteiger partial charge in [0, 0.05) is 31.2 Å². The summed E-state index contributed by atoms with van der Waals surface area (Å²) in [6, 6.07) is 7.56. The van der Waals surface area contributed by atoms with Crippen LogP contribution in [0.15, 0.2) is 42.5 Å². The minimum atomic E-state index is -4.49. The number of anilines is 2. The zero-order valence-corrected chi connectivity index (χ0v) is 25.1. The average molecular weight is 620 g/mol. The van der Waals surface area contributed by atoms with E-state index in [-0.39, 0.29) is 60.3 Å². The van der Waals surface area contributed by atoms with Crippen molar-refractivity contribution in [1.29, 1.82) is 0 Å². The Morgan fingerprint density at radius 3 is 2.41 bits per heavy atom. The lowest BCUT2D eigenvalue weighted by molar-refractivity contribution is -0.137. The summed E-state index contributed by atoms with van der Waals surface area (Å²) in [5.74, 6) is -0.539. The van der Waals surface area contributed by atoms with Gasteiger partial charge in [-0.05, 0) is 56.2 Å². The number of aliphatic hydroxyl groups excluding tert-OH is 1. The van der Waals surface area contributed by atoms with Crippen LogP contribution in [0.2, 0.25) is 0 Å². The van der Waals surface area contributed by atoms with Gasteiger partial charge in [-0.15, -0.1) is 0 Å². The second-order valence-corrected chi connectivity index (χ2v) is 11.6. The quantitative estimate of drug-likeness (QED) is 0.324. The fraction of sp³-hybridized carbons (Fsp3) is 0.516. The summed E-state index contributed by atoms with van der Waals surface area (Å²) in [6.45, 7) is 3.58. The number of halogens is 3. The van der Waals surface area contributed by atoms with Crippen LogP contribution in [0.4, 0.5) is 34.1 Å². The summed E-state index contributed by atoms with van der Waals surface area (Å²) in [7, 11) is 1.52. The molecular weight excluding hydrogens is 579 g/mol. The molecule has 1 fully saturated rings. The molecule has 1 aliphatic heterocycles. The Hall–Kier alpha value is -4.00. The van der Waals surface area contributed by atoms with Crippen LogP contribution in [-0.4, -0.2) is 77.8 Å². The molecule has 3 atom stereocenters. The summed E-state index contributed by atoms with van der Waals surface area (Å²) in [5, 5.41) is 18.3. The van der Waals surface area contributed by atoms with Crippen molar-refractivity contribution in [2.75, 3.05) is 37.4 Å². The van der Waals surface area contributed by atoms with Crippen LogP contribution in [0.25, 0.3) is 0 Å². The van der Waals surface area contributed by atoms with Gasteiger partial charge in [0.05, 0.1) is 36.0 Å². The van der Waals surface area contributed by atoms with Gasteiger partial charge in [-0.25, -0.2) is 9.59 Å². The zero-order chi connectivity index (χ0) is 32.0. The molecule has 240 valence electrons. The van der Waals surface area contributed by atoms with Crippen molar-refractivity contribution in [2.24, 2.45) is 5.92 Å². The third-order valence-corrected chi connectivity index (χ3v) is 8.14. The van der Waals surface area contributed by atoms with E-state index in [1.54, 1.807) is 30.0 Å². The predicted molar refractivity (Wildman–Crippen MR) is 160 cm³/mol. The molecule has 0 spiro atoms.